The molecule has 7 heteroatoms. The lowest BCUT2D eigenvalue weighted by Gasteiger charge is -2.13. The molecule has 156 valence electrons. The molecular formula is C24H19F2N3O2. The number of aromatic nitrogens is 2. The van der Waals surface area contributed by atoms with Gasteiger partial charge in [0.1, 0.15) is 22.8 Å². The Labute approximate surface area is 177 Å². The smallest absolute Gasteiger partial charge is 0.265 e. The molecular weight excluding hydrogens is 400 g/mol. The van der Waals surface area contributed by atoms with Crippen molar-refractivity contribution in [1.29, 1.82) is 0 Å². The Kier molecular flexibility index (Phi) is 5.58. The SMILES string of the molecule is Cc1ccc(Cn2c(=O)c(C(=O)NCc3c(F)cccc3F)cc3cccnc32)cc1. The van der Waals surface area contributed by atoms with Gasteiger partial charge in [0, 0.05) is 23.7 Å². The van der Waals surface area contributed by atoms with Crippen LogP contribution in [0.4, 0.5) is 8.78 Å². The van der Waals surface area contributed by atoms with Gasteiger partial charge >= 0.3 is 0 Å². The van der Waals surface area contributed by atoms with Crippen molar-refractivity contribution in [3.8, 4) is 0 Å². The maximum atomic E-state index is 13.9. The number of nitrogens with one attached hydrogen (secondary N) is 1. The van der Waals surface area contributed by atoms with E-state index in [0.717, 1.165) is 23.3 Å². The summed E-state index contributed by atoms with van der Waals surface area (Å²) in [5, 5.41) is 3.06. The van der Waals surface area contributed by atoms with E-state index in [1.807, 2.05) is 31.2 Å². The zero-order valence-corrected chi connectivity index (χ0v) is 16.7. The lowest BCUT2D eigenvalue weighted by molar-refractivity contribution is 0.0948. The summed E-state index contributed by atoms with van der Waals surface area (Å²) in [5.41, 5.74) is 1.50. The summed E-state index contributed by atoms with van der Waals surface area (Å²) in [6.45, 7) is 1.83. The summed E-state index contributed by atoms with van der Waals surface area (Å²) in [6.07, 6.45) is 1.58. The van der Waals surface area contributed by atoms with Crippen molar-refractivity contribution in [3.05, 3.63) is 111 Å². The molecule has 0 spiro atoms. The van der Waals surface area contributed by atoms with Crippen LogP contribution in [0.3, 0.4) is 0 Å². The van der Waals surface area contributed by atoms with Gasteiger partial charge in [-0.1, -0.05) is 35.9 Å². The Morgan fingerprint density at radius 2 is 1.74 bits per heavy atom. The maximum absolute atomic E-state index is 13.9. The molecule has 2 heterocycles. The largest absolute Gasteiger partial charge is 0.348 e. The molecule has 1 N–H and O–H groups in total. The summed E-state index contributed by atoms with van der Waals surface area (Å²) in [4.78, 5) is 30.2. The van der Waals surface area contributed by atoms with Crippen molar-refractivity contribution in [2.45, 2.75) is 20.0 Å². The number of pyridine rings is 2. The van der Waals surface area contributed by atoms with Gasteiger partial charge < -0.3 is 5.32 Å². The van der Waals surface area contributed by atoms with Gasteiger partial charge in [0.25, 0.3) is 11.5 Å². The van der Waals surface area contributed by atoms with Crippen LogP contribution in [0, 0.1) is 18.6 Å². The average molecular weight is 419 g/mol. The minimum absolute atomic E-state index is 0.121. The topological polar surface area (TPSA) is 64.0 Å². The first kappa shape index (κ1) is 20.4. The Morgan fingerprint density at radius 1 is 1.03 bits per heavy atom. The first-order chi connectivity index (χ1) is 14.9. The Balaban J connectivity index is 1.71. The summed E-state index contributed by atoms with van der Waals surface area (Å²) in [5.74, 6) is -2.24. The lowest BCUT2D eigenvalue weighted by atomic mass is 10.1. The van der Waals surface area contributed by atoms with Crippen molar-refractivity contribution < 1.29 is 13.6 Å². The van der Waals surface area contributed by atoms with Gasteiger partial charge in [-0.3, -0.25) is 14.2 Å². The first-order valence-corrected chi connectivity index (χ1v) is 9.69. The van der Waals surface area contributed by atoms with E-state index in [-0.39, 0.29) is 24.2 Å². The molecule has 0 bridgehead atoms. The van der Waals surface area contributed by atoms with E-state index in [2.05, 4.69) is 10.3 Å². The van der Waals surface area contributed by atoms with Gasteiger partial charge in [0.05, 0.1) is 6.54 Å². The van der Waals surface area contributed by atoms with Gasteiger partial charge in [-0.2, -0.15) is 0 Å². The van der Waals surface area contributed by atoms with E-state index >= 15 is 0 Å². The molecule has 0 aliphatic rings. The molecule has 0 aliphatic carbocycles. The predicted molar refractivity (Wildman–Crippen MR) is 114 cm³/mol. The molecule has 0 radical (unpaired) electrons. The summed E-state index contributed by atoms with van der Waals surface area (Å²) in [7, 11) is 0. The second-order valence-electron chi connectivity index (χ2n) is 7.23. The molecule has 4 rings (SSSR count). The highest BCUT2D eigenvalue weighted by Gasteiger charge is 2.18. The molecule has 2 aromatic carbocycles. The summed E-state index contributed by atoms with van der Waals surface area (Å²) < 4.78 is 29.1. The zero-order chi connectivity index (χ0) is 22.0. The Morgan fingerprint density at radius 3 is 2.45 bits per heavy atom. The van der Waals surface area contributed by atoms with Gasteiger partial charge in [0.15, 0.2) is 0 Å². The third kappa shape index (κ3) is 4.21. The number of hydrogen-bond acceptors (Lipinski definition) is 3. The molecule has 4 aromatic rings. The van der Waals surface area contributed by atoms with Crippen molar-refractivity contribution in [2.75, 3.05) is 0 Å². The third-order valence-electron chi connectivity index (χ3n) is 5.04. The van der Waals surface area contributed by atoms with Crippen molar-refractivity contribution in [1.82, 2.24) is 14.9 Å². The highest BCUT2D eigenvalue weighted by molar-refractivity contribution is 5.96. The van der Waals surface area contributed by atoms with Gasteiger partial charge in [-0.25, -0.2) is 13.8 Å². The second-order valence-corrected chi connectivity index (χ2v) is 7.23. The molecule has 0 aliphatic heterocycles. The normalized spacial score (nSPS) is 10.9. The molecule has 0 fully saturated rings. The van der Waals surface area contributed by atoms with Gasteiger partial charge in [0.2, 0.25) is 0 Å². The number of benzene rings is 2. The van der Waals surface area contributed by atoms with Crippen molar-refractivity contribution in [2.24, 2.45) is 0 Å². The van der Waals surface area contributed by atoms with E-state index in [4.69, 9.17) is 0 Å². The van der Waals surface area contributed by atoms with Crippen LogP contribution in [-0.4, -0.2) is 15.5 Å². The van der Waals surface area contributed by atoms with Crippen LogP contribution < -0.4 is 10.9 Å². The van der Waals surface area contributed by atoms with Crippen molar-refractivity contribution >= 4 is 16.9 Å². The van der Waals surface area contributed by atoms with Crippen LogP contribution in [0.1, 0.15) is 27.0 Å². The average Bonchev–Trinajstić information content (AvgIpc) is 2.76. The molecule has 5 nitrogen and oxygen atoms in total. The first-order valence-electron chi connectivity index (χ1n) is 9.69. The number of carbonyl (C=O) groups excluding carboxylic acids is 1. The van der Waals surface area contributed by atoms with Crippen molar-refractivity contribution in [3.63, 3.8) is 0 Å². The van der Waals surface area contributed by atoms with Gasteiger partial charge in [-0.15, -0.1) is 0 Å². The van der Waals surface area contributed by atoms with E-state index in [1.165, 1.54) is 16.7 Å². The number of amides is 1. The Hall–Kier alpha value is -3.87. The molecule has 31 heavy (non-hydrogen) atoms. The second kappa shape index (κ2) is 8.47. The zero-order valence-electron chi connectivity index (χ0n) is 16.7. The minimum atomic E-state index is -0.764. The van der Waals surface area contributed by atoms with Crippen LogP contribution in [0.5, 0.6) is 0 Å². The number of rotatable bonds is 5. The number of halogens is 2. The quantitative estimate of drug-likeness (QED) is 0.533. The minimum Gasteiger partial charge on any atom is -0.348 e. The number of aryl methyl sites for hydroxylation is 1. The predicted octanol–water partition coefficient (Wildman–Crippen LogP) is 3.96. The molecule has 0 atom stereocenters. The number of hydrogen-bond donors (Lipinski definition) is 1. The molecule has 0 unspecified atom stereocenters. The molecule has 2 aromatic heterocycles. The lowest BCUT2D eigenvalue weighted by Crippen LogP contribution is -2.33. The Bertz CT molecular complexity index is 1310. The highest BCUT2D eigenvalue weighted by atomic mass is 19.1. The number of nitrogens with zero attached hydrogens (tertiary/aromatic N) is 2. The van der Waals surface area contributed by atoms with E-state index in [9.17, 15) is 18.4 Å². The van der Waals surface area contributed by atoms with Crippen LogP contribution >= 0.6 is 0 Å². The summed E-state index contributed by atoms with van der Waals surface area (Å²) in [6, 6.07) is 16.1. The van der Waals surface area contributed by atoms with Crippen LogP contribution in [0.2, 0.25) is 0 Å². The fourth-order valence-corrected chi connectivity index (χ4v) is 3.36. The number of carbonyl (C=O) groups is 1. The van der Waals surface area contributed by atoms with E-state index in [1.54, 1.807) is 18.3 Å². The fourth-order valence-electron chi connectivity index (χ4n) is 3.36. The fraction of sp³-hybridized carbons (Fsp3) is 0.125. The molecule has 0 saturated carbocycles. The van der Waals surface area contributed by atoms with Crippen LogP contribution in [0.25, 0.3) is 11.0 Å². The number of fused-ring (bicyclic) bond motifs is 1. The third-order valence-corrected chi connectivity index (χ3v) is 5.04. The van der Waals surface area contributed by atoms with Gasteiger partial charge in [-0.05, 0) is 42.8 Å². The van der Waals surface area contributed by atoms with Crippen LogP contribution in [-0.2, 0) is 13.1 Å². The summed E-state index contributed by atoms with van der Waals surface area (Å²) >= 11 is 0. The highest BCUT2D eigenvalue weighted by Crippen LogP contribution is 2.15. The monoisotopic (exact) mass is 419 g/mol. The standard InChI is InChI=1S/C24H19F2N3O2/c1-15-7-9-16(10-8-15)14-29-22-17(4-3-11-27-22)12-18(24(29)31)23(30)28-13-19-20(25)5-2-6-21(19)26/h2-12H,13-14H2,1H3,(H,28,30). The maximum Gasteiger partial charge on any atom is 0.265 e. The molecule has 1 amide bonds. The molecule has 0 saturated heterocycles. The van der Waals surface area contributed by atoms with E-state index < -0.39 is 23.1 Å². The van der Waals surface area contributed by atoms with Crippen LogP contribution in [0.15, 0.2) is 71.7 Å². The van der Waals surface area contributed by atoms with E-state index in [0.29, 0.717) is 11.0 Å².